The van der Waals surface area contributed by atoms with Crippen molar-refractivity contribution in [2.45, 2.75) is 20.4 Å². The molecule has 0 spiro atoms. The van der Waals surface area contributed by atoms with Crippen molar-refractivity contribution in [1.82, 2.24) is 4.98 Å². The Morgan fingerprint density at radius 1 is 1.38 bits per heavy atom. The van der Waals surface area contributed by atoms with Gasteiger partial charge in [-0.05, 0) is 31.5 Å². The second kappa shape index (κ2) is 4.53. The maximum Gasteiger partial charge on any atom is 0.0798 e. The van der Waals surface area contributed by atoms with E-state index in [9.17, 15) is 0 Å². The summed E-state index contributed by atoms with van der Waals surface area (Å²) in [7, 11) is 0. The van der Waals surface area contributed by atoms with Gasteiger partial charge in [0.1, 0.15) is 0 Å². The van der Waals surface area contributed by atoms with Crippen LogP contribution in [-0.4, -0.2) is 4.98 Å². The van der Waals surface area contributed by atoms with E-state index in [0.29, 0.717) is 0 Å². The summed E-state index contributed by atoms with van der Waals surface area (Å²) in [6.45, 7) is 4.90. The Hall–Kier alpha value is -1.55. The van der Waals surface area contributed by atoms with Gasteiger partial charge in [-0.25, -0.2) is 4.98 Å². The second-order valence-corrected chi connectivity index (χ2v) is 4.73. The van der Waals surface area contributed by atoms with Crippen LogP contribution in [0.5, 0.6) is 0 Å². The average molecular weight is 233 g/mol. The van der Waals surface area contributed by atoms with Crippen LogP contribution in [0.1, 0.15) is 16.1 Å². The van der Waals surface area contributed by atoms with Crippen molar-refractivity contribution in [2.75, 3.05) is 11.1 Å². The molecule has 0 bridgehead atoms. The highest BCUT2D eigenvalue weighted by molar-refractivity contribution is 7.09. The molecule has 0 saturated carbocycles. The number of thiazole rings is 1. The molecule has 0 saturated heterocycles. The molecule has 0 radical (unpaired) electrons. The molecule has 2 rings (SSSR count). The number of hydrogen-bond acceptors (Lipinski definition) is 4. The lowest BCUT2D eigenvalue weighted by molar-refractivity contribution is 1.12. The van der Waals surface area contributed by atoms with Gasteiger partial charge >= 0.3 is 0 Å². The number of nitrogens with one attached hydrogen (secondary N) is 1. The number of nitrogen functional groups attached to an aromatic ring is 1. The van der Waals surface area contributed by atoms with Crippen LogP contribution in [0.2, 0.25) is 0 Å². The minimum atomic E-state index is 0.786. The van der Waals surface area contributed by atoms with E-state index in [2.05, 4.69) is 17.2 Å². The van der Waals surface area contributed by atoms with Crippen LogP contribution in [0.15, 0.2) is 23.7 Å². The minimum Gasteiger partial charge on any atom is -0.399 e. The summed E-state index contributed by atoms with van der Waals surface area (Å²) in [5.41, 5.74) is 11.8. The molecule has 0 aliphatic heterocycles. The zero-order valence-electron chi connectivity index (χ0n) is 9.45. The van der Waals surface area contributed by atoms with Crippen LogP contribution in [0, 0.1) is 13.8 Å². The van der Waals surface area contributed by atoms with Crippen LogP contribution in [0.4, 0.5) is 11.4 Å². The standard InChI is InChI=1S/C12H15N3S/c1-8-3-4-10(13)5-11(8)14-6-12-9(2)15-7-16-12/h3-5,7,14H,6,13H2,1-2H3. The van der Waals surface area contributed by atoms with Crippen LogP contribution >= 0.6 is 11.3 Å². The Morgan fingerprint density at radius 3 is 2.88 bits per heavy atom. The smallest absolute Gasteiger partial charge is 0.0798 e. The van der Waals surface area contributed by atoms with Crippen molar-refractivity contribution in [3.05, 3.63) is 39.8 Å². The normalized spacial score (nSPS) is 10.4. The lowest BCUT2D eigenvalue weighted by Crippen LogP contribution is -2.01. The molecule has 3 nitrogen and oxygen atoms in total. The zero-order valence-corrected chi connectivity index (χ0v) is 10.3. The van der Waals surface area contributed by atoms with Crippen molar-refractivity contribution in [2.24, 2.45) is 0 Å². The largest absolute Gasteiger partial charge is 0.399 e. The summed E-state index contributed by atoms with van der Waals surface area (Å²) >= 11 is 1.67. The van der Waals surface area contributed by atoms with Gasteiger partial charge in [0.25, 0.3) is 0 Å². The predicted octanol–water partition coefficient (Wildman–Crippen LogP) is 2.95. The fourth-order valence-corrected chi connectivity index (χ4v) is 2.22. The average Bonchev–Trinajstić information content (AvgIpc) is 2.66. The summed E-state index contributed by atoms with van der Waals surface area (Å²) in [5, 5.41) is 3.39. The molecule has 0 aliphatic rings. The van der Waals surface area contributed by atoms with Crippen molar-refractivity contribution in [3.8, 4) is 0 Å². The molecule has 84 valence electrons. The van der Waals surface area contributed by atoms with Crippen LogP contribution in [0.25, 0.3) is 0 Å². The Kier molecular flexibility index (Phi) is 3.10. The van der Waals surface area contributed by atoms with Gasteiger partial charge in [0.15, 0.2) is 0 Å². The number of hydrogen-bond donors (Lipinski definition) is 2. The molecule has 1 aromatic heterocycles. The number of aromatic nitrogens is 1. The maximum atomic E-state index is 5.76. The molecule has 3 N–H and O–H groups in total. The van der Waals surface area contributed by atoms with E-state index in [4.69, 9.17) is 5.73 Å². The molecule has 1 aromatic carbocycles. The second-order valence-electron chi connectivity index (χ2n) is 3.79. The van der Waals surface area contributed by atoms with Crippen molar-refractivity contribution in [3.63, 3.8) is 0 Å². The first-order chi connectivity index (χ1) is 7.66. The SMILES string of the molecule is Cc1ccc(N)cc1NCc1scnc1C. The molecular weight excluding hydrogens is 218 g/mol. The van der Waals surface area contributed by atoms with Crippen LogP contribution < -0.4 is 11.1 Å². The van der Waals surface area contributed by atoms with Gasteiger partial charge in [-0.15, -0.1) is 11.3 Å². The van der Waals surface area contributed by atoms with Gasteiger partial charge in [0, 0.05) is 16.3 Å². The monoisotopic (exact) mass is 233 g/mol. The highest BCUT2D eigenvalue weighted by Gasteiger charge is 2.02. The quantitative estimate of drug-likeness (QED) is 0.801. The lowest BCUT2D eigenvalue weighted by atomic mass is 10.2. The fourth-order valence-electron chi connectivity index (χ4n) is 1.50. The highest BCUT2D eigenvalue weighted by Crippen LogP contribution is 2.20. The van der Waals surface area contributed by atoms with Gasteiger partial charge in [-0.1, -0.05) is 6.07 Å². The summed E-state index contributed by atoms with van der Waals surface area (Å²) in [4.78, 5) is 5.49. The summed E-state index contributed by atoms with van der Waals surface area (Å²) < 4.78 is 0. The van der Waals surface area contributed by atoms with Crippen molar-refractivity contribution in [1.29, 1.82) is 0 Å². The molecule has 4 heteroatoms. The Labute approximate surface area is 99.3 Å². The highest BCUT2D eigenvalue weighted by atomic mass is 32.1. The third kappa shape index (κ3) is 2.33. The number of anilines is 2. The Morgan fingerprint density at radius 2 is 2.19 bits per heavy atom. The minimum absolute atomic E-state index is 0.786. The molecule has 16 heavy (non-hydrogen) atoms. The number of nitrogens with zero attached hydrogens (tertiary/aromatic N) is 1. The van der Waals surface area contributed by atoms with E-state index in [0.717, 1.165) is 23.6 Å². The molecule has 0 atom stereocenters. The van der Waals surface area contributed by atoms with Gasteiger partial charge in [0.05, 0.1) is 17.7 Å². The first kappa shape index (κ1) is 11.0. The van der Waals surface area contributed by atoms with E-state index in [1.165, 1.54) is 10.4 Å². The van der Waals surface area contributed by atoms with E-state index in [1.807, 2.05) is 30.6 Å². The zero-order chi connectivity index (χ0) is 11.5. The lowest BCUT2D eigenvalue weighted by Gasteiger charge is -2.09. The number of benzene rings is 1. The number of rotatable bonds is 3. The Bertz CT molecular complexity index is 491. The van der Waals surface area contributed by atoms with Crippen LogP contribution in [-0.2, 0) is 6.54 Å². The van der Waals surface area contributed by atoms with E-state index in [-0.39, 0.29) is 0 Å². The van der Waals surface area contributed by atoms with Gasteiger partial charge < -0.3 is 11.1 Å². The molecule has 0 aliphatic carbocycles. The summed E-state index contributed by atoms with van der Waals surface area (Å²) in [6.07, 6.45) is 0. The van der Waals surface area contributed by atoms with E-state index in [1.54, 1.807) is 11.3 Å². The third-order valence-electron chi connectivity index (χ3n) is 2.55. The summed E-state index contributed by atoms with van der Waals surface area (Å²) in [5.74, 6) is 0. The molecular formula is C12H15N3S. The molecule has 0 fully saturated rings. The molecule has 1 heterocycles. The molecule has 2 aromatic rings. The first-order valence-corrected chi connectivity index (χ1v) is 6.04. The number of aryl methyl sites for hydroxylation is 2. The predicted molar refractivity (Wildman–Crippen MR) is 69.8 cm³/mol. The summed E-state index contributed by atoms with van der Waals surface area (Å²) in [6, 6.07) is 5.90. The Balaban J connectivity index is 2.10. The van der Waals surface area contributed by atoms with Crippen molar-refractivity contribution >= 4 is 22.7 Å². The van der Waals surface area contributed by atoms with Crippen molar-refractivity contribution < 1.29 is 0 Å². The van der Waals surface area contributed by atoms with Crippen LogP contribution in [0.3, 0.4) is 0 Å². The van der Waals surface area contributed by atoms with Gasteiger partial charge in [0.2, 0.25) is 0 Å². The number of nitrogens with two attached hydrogens (primary N) is 1. The van der Waals surface area contributed by atoms with Gasteiger partial charge in [-0.3, -0.25) is 0 Å². The molecule has 0 amide bonds. The van der Waals surface area contributed by atoms with E-state index >= 15 is 0 Å². The fraction of sp³-hybridized carbons (Fsp3) is 0.250. The van der Waals surface area contributed by atoms with Gasteiger partial charge in [-0.2, -0.15) is 0 Å². The third-order valence-corrected chi connectivity index (χ3v) is 3.48. The molecule has 0 unspecified atom stereocenters. The topological polar surface area (TPSA) is 50.9 Å². The van der Waals surface area contributed by atoms with E-state index < -0.39 is 0 Å². The maximum absolute atomic E-state index is 5.76. The first-order valence-electron chi connectivity index (χ1n) is 5.16.